The van der Waals surface area contributed by atoms with E-state index < -0.39 is 0 Å². The van der Waals surface area contributed by atoms with Crippen LogP contribution in [0.5, 0.6) is 0 Å². The Morgan fingerprint density at radius 2 is 2.19 bits per heavy atom. The van der Waals surface area contributed by atoms with Crippen molar-refractivity contribution < 1.29 is 9.21 Å². The molecular weight excluding hydrogens is 354 g/mol. The first kappa shape index (κ1) is 16.8. The molecule has 0 aliphatic carbocycles. The zero-order valence-corrected chi connectivity index (χ0v) is 14.9. The molecule has 4 rings (SSSR count). The summed E-state index contributed by atoms with van der Waals surface area (Å²) in [5.41, 5.74) is 0.790. The Hall–Kier alpha value is -2.67. The number of aromatic nitrogens is 4. The number of nitrogens with zero attached hydrogens (tertiary/aromatic N) is 4. The number of rotatable bonds is 6. The minimum absolute atomic E-state index is 0.0714. The van der Waals surface area contributed by atoms with Crippen molar-refractivity contribution in [2.75, 3.05) is 0 Å². The number of hydrogen-bond donors (Lipinski definition) is 1. The third kappa shape index (κ3) is 3.48. The van der Waals surface area contributed by atoms with Gasteiger partial charge in [0.05, 0.1) is 17.8 Å². The molecule has 1 aromatic carbocycles. The maximum Gasteiger partial charge on any atom is 0.220 e. The summed E-state index contributed by atoms with van der Waals surface area (Å²) in [6, 6.07) is 7.42. The molecule has 26 heavy (non-hydrogen) atoms. The molecule has 0 unspecified atom stereocenters. The monoisotopic (exact) mass is 371 g/mol. The number of halogens is 1. The van der Waals surface area contributed by atoms with E-state index in [2.05, 4.69) is 25.1 Å². The van der Waals surface area contributed by atoms with Crippen LogP contribution in [0.1, 0.15) is 30.4 Å². The second kappa shape index (κ2) is 7.29. The quantitative estimate of drug-likeness (QED) is 0.720. The van der Waals surface area contributed by atoms with Gasteiger partial charge in [0.1, 0.15) is 5.82 Å². The number of aryl methyl sites for hydroxylation is 2. The molecule has 134 valence electrons. The van der Waals surface area contributed by atoms with Gasteiger partial charge < -0.3 is 14.3 Å². The highest BCUT2D eigenvalue weighted by Crippen LogP contribution is 2.28. The highest BCUT2D eigenvalue weighted by molar-refractivity contribution is 6.33. The van der Waals surface area contributed by atoms with E-state index in [1.54, 1.807) is 12.3 Å². The first-order valence-corrected chi connectivity index (χ1v) is 8.96. The summed E-state index contributed by atoms with van der Waals surface area (Å²) < 4.78 is 7.78. The van der Waals surface area contributed by atoms with E-state index in [9.17, 15) is 4.79 Å². The lowest BCUT2D eigenvalue weighted by Crippen LogP contribution is -2.24. The van der Waals surface area contributed by atoms with Crippen molar-refractivity contribution >= 4 is 17.5 Å². The molecule has 0 saturated carbocycles. The molecule has 3 aromatic rings. The first-order chi connectivity index (χ1) is 12.7. The Labute approximate surface area is 155 Å². The van der Waals surface area contributed by atoms with Crippen LogP contribution in [0.4, 0.5) is 0 Å². The smallest absolute Gasteiger partial charge is 0.220 e. The Balaban J connectivity index is 1.30. The van der Waals surface area contributed by atoms with E-state index in [0.29, 0.717) is 36.1 Å². The van der Waals surface area contributed by atoms with Gasteiger partial charge in [-0.2, -0.15) is 0 Å². The van der Waals surface area contributed by atoms with Crippen LogP contribution < -0.4 is 5.32 Å². The molecule has 2 aromatic heterocycles. The molecule has 1 aliphatic rings. The van der Waals surface area contributed by atoms with Crippen LogP contribution in [0.3, 0.4) is 0 Å². The Kier molecular flexibility index (Phi) is 4.71. The van der Waals surface area contributed by atoms with Crippen LogP contribution in [0.15, 0.2) is 34.9 Å². The Morgan fingerprint density at radius 3 is 3.08 bits per heavy atom. The molecule has 1 N–H and O–H groups in total. The molecule has 8 heteroatoms. The van der Waals surface area contributed by atoms with Crippen LogP contribution in [0.25, 0.3) is 11.3 Å². The Bertz CT molecular complexity index is 933. The van der Waals surface area contributed by atoms with Crippen molar-refractivity contribution in [3.05, 3.63) is 53.0 Å². The zero-order chi connectivity index (χ0) is 17.9. The van der Waals surface area contributed by atoms with Gasteiger partial charge in [0.2, 0.25) is 5.91 Å². The second-order valence-electron chi connectivity index (χ2n) is 6.16. The number of benzene rings is 1. The van der Waals surface area contributed by atoms with Gasteiger partial charge in [0.25, 0.3) is 0 Å². The van der Waals surface area contributed by atoms with Crippen molar-refractivity contribution in [3.8, 4) is 11.3 Å². The van der Waals surface area contributed by atoms with Gasteiger partial charge in [-0.1, -0.05) is 23.7 Å². The summed E-state index contributed by atoms with van der Waals surface area (Å²) >= 11 is 6.16. The van der Waals surface area contributed by atoms with Crippen LogP contribution in [-0.4, -0.2) is 25.7 Å². The topological polar surface area (TPSA) is 85.8 Å². The lowest BCUT2D eigenvalue weighted by molar-refractivity contribution is -0.121. The molecule has 0 atom stereocenters. The van der Waals surface area contributed by atoms with Crippen LogP contribution >= 0.6 is 11.6 Å². The second-order valence-corrected chi connectivity index (χ2v) is 6.57. The van der Waals surface area contributed by atoms with E-state index in [1.165, 1.54) is 0 Å². The molecule has 0 spiro atoms. The molecular formula is C18H18ClN5O2. The first-order valence-electron chi connectivity index (χ1n) is 8.58. The summed E-state index contributed by atoms with van der Waals surface area (Å²) in [6.45, 7) is 1.32. The number of carbonyl (C=O) groups is 1. The van der Waals surface area contributed by atoms with Crippen LogP contribution in [0.2, 0.25) is 5.02 Å². The van der Waals surface area contributed by atoms with Crippen LogP contribution in [-0.2, 0) is 30.7 Å². The molecule has 0 radical (unpaired) electrons. The SMILES string of the molecule is O=C(CCc1ncc(-c2ccccc2Cl)o1)NCc1nnc2n1CCC2. The summed E-state index contributed by atoms with van der Waals surface area (Å²) in [6.07, 6.45) is 4.40. The fourth-order valence-corrected chi connectivity index (χ4v) is 3.27. The van der Waals surface area contributed by atoms with Gasteiger partial charge in [-0.15, -0.1) is 10.2 Å². The predicted molar refractivity (Wildman–Crippen MR) is 95.5 cm³/mol. The maximum absolute atomic E-state index is 12.1. The summed E-state index contributed by atoms with van der Waals surface area (Å²) in [5, 5.41) is 11.7. The lowest BCUT2D eigenvalue weighted by Gasteiger charge is -2.05. The van der Waals surface area contributed by atoms with Gasteiger partial charge in [0.15, 0.2) is 17.5 Å². The standard InChI is InChI=1S/C18H18ClN5O2/c19-13-5-2-1-4-12(13)14-10-21-18(26-14)8-7-17(25)20-11-16-23-22-15-6-3-9-24(15)16/h1-2,4-5,10H,3,6-9,11H2,(H,20,25). The number of fused-ring (bicyclic) bond motifs is 1. The zero-order valence-electron chi connectivity index (χ0n) is 14.1. The number of hydrogen-bond acceptors (Lipinski definition) is 5. The van der Waals surface area contributed by atoms with Crippen LogP contribution in [0, 0.1) is 0 Å². The fraction of sp³-hybridized carbons (Fsp3) is 0.333. The largest absolute Gasteiger partial charge is 0.441 e. The van der Waals surface area contributed by atoms with Crippen molar-refractivity contribution in [2.24, 2.45) is 0 Å². The summed E-state index contributed by atoms with van der Waals surface area (Å²) in [4.78, 5) is 16.3. The number of amides is 1. The average Bonchev–Trinajstić information content (AvgIpc) is 3.36. The molecule has 1 amide bonds. The maximum atomic E-state index is 12.1. The molecule has 0 fully saturated rings. The van der Waals surface area contributed by atoms with Crippen molar-refractivity contribution in [2.45, 2.75) is 38.8 Å². The van der Waals surface area contributed by atoms with Gasteiger partial charge >= 0.3 is 0 Å². The highest BCUT2D eigenvalue weighted by atomic mass is 35.5. The molecule has 0 bridgehead atoms. The van der Waals surface area contributed by atoms with E-state index in [1.807, 2.05) is 18.2 Å². The van der Waals surface area contributed by atoms with E-state index >= 15 is 0 Å². The third-order valence-electron chi connectivity index (χ3n) is 4.39. The van der Waals surface area contributed by atoms with Gasteiger partial charge in [-0.05, 0) is 18.6 Å². The predicted octanol–water partition coefficient (Wildman–Crippen LogP) is 2.78. The van der Waals surface area contributed by atoms with Crippen molar-refractivity contribution in [3.63, 3.8) is 0 Å². The third-order valence-corrected chi connectivity index (χ3v) is 4.72. The van der Waals surface area contributed by atoms with E-state index in [4.69, 9.17) is 16.0 Å². The number of oxazole rings is 1. The van der Waals surface area contributed by atoms with Gasteiger partial charge in [-0.25, -0.2) is 4.98 Å². The Morgan fingerprint density at radius 1 is 1.31 bits per heavy atom. The number of carbonyl (C=O) groups excluding carboxylic acids is 1. The normalized spacial score (nSPS) is 13.0. The van der Waals surface area contributed by atoms with Crippen molar-refractivity contribution in [1.82, 2.24) is 25.1 Å². The lowest BCUT2D eigenvalue weighted by atomic mass is 10.2. The molecule has 1 aliphatic heterocycles. The van der Waals surface area contributed by atoms with Gasteiger partial charge in [0, 0.05) is 31.4 Å². The van der Waals surface area contributed by atoms with Crippen molar-refractivity contribution in [1.29, 1.82) is 0 Å². The van der Waals surface area contributed by atoms with Gasteiger partial charge in [-0.3, -0.25) is 4.79 Å². The summed E-state index contributed by atoms with van der Waals surface area (Å²) in [5.74, 6) is 2.85. The van der Waals surface area contributed by atoms with E-state index in [0.717, 1.165) is 36.6 Å². The summed E-state index contributed by atoms with van der Waals surface area (Å²) in [7, 11) is 0. The minimum Gasteiger partial charge on any atom is -0.441 e. The average molecular weight is 372 g/mol. The minimum atomic E-state index is -0.0714. The molecule has 3 heterocycles. The molecule has 7 nitrogen and oxygen atoms in total. The fourth-order valence-electron chi connectivity index (χ4n) is 3.04. The highest BCUT2D eigenvalue weighted by Gasteiger charge is 2.17. The molecule has 0 saturated heterocycles. The number of nitrogens with one attached hydrogen (secondary N) is 1. The van der Waals surface area contributed by atoms with E-state index in [-0.39, 0.29) is 5.91 Å².